The molecule has 4 aromatic rings. The van der Waals surface area contributed by atoms with Gasteiger partial charge in [-0.15, -0.1) is 11.3 Å². The Morgan fingerprint density at radius 2 is 1.71 bits per heavy atom. The molecule has 2 heterocycles. The molecular weight excluding hydrogens is 454 g/mol. The number of ether oxygens (including phenoxy) is 1. The van der Waals surface area contributed by atoms with Crippen molar-refractivity contribution in [2.45, 2.75) is 26.9 Å². The zero-order valence-electron chi connectivity index (χ0n) is 19.0. The summed E-state index contributed by atoms with van der Waals surface area (Å²) in [6.45, 7) is 3.82. The van der Waals surface area contributed by atoms with Gasteiger partial charge in [0.15, 0.2) is 0 Å². The first-order chi connectivity index (χ1) is 16.3. The van der Waals surface area contributed by atoms with E-state index in [0.29, 0.717) is 21.5 Å². The third kappa shape index (κ3) is 4.55. The minimum absolute atomic E-state index is 0.114. The number of aryl methyl sites for hydroxylation is 2. The quantitative estimate of drug-likeness (QED) is 0.430. The number of nitrogens with one attached hydrogen (secondary N) is 1. The number of nitrogens with zero attached hydrogens (tertiary/aromatic N) is 2. The zero-order valence-corrected chi connectivity index (χ0v) is 19.8. The van der Waals surface area contributed by atoms with E-state index in [-0.39, 0.29) is 18.6 Å². The molecule has 9 heteroatoms. The van der Waals surface area contributed by atoms with Gasteiger partial charge in [0.1, 0.15) is 11.2 Å². The summed E-state index contributed by atoms with van der Waals surface area (Å²) in [5, 5.41) is 4.45. The molecule has 0 unspecified atom stereocenters. The molecule has 2 aromatic carbocycles. The Hall–Kier alpha value is -3.98. The number of amides is 1. The number of hydrogen-bond donors (Lipinski definition) is 1. The van der Waals surface area contributed by atoms with Crippen molar-refractivity contribution in [1.82, 2.24) is 9.13 Å². The number of esters is 1. The SMILES string of the molecule is COC(=O)c1ccc(NC(=O)Cn2c(=O)n(Cc3ccc(C)c(C)c3)c(=O)c3sccc32)cc1. The van der Waals surface area contributed by atoms with Crippen molar-refractivity contribution < 1.29 is 14.3 Å². The van der Waals surface area contributed by atoms with Crippen LogP contribution in [0.3, 0.4) is 0 Å². The molecule has 0 spiro atoms. The first-order valence-corrected chi connectivity index (χ1v) is 11.4. The molecule has 0 saturated heterocycles. The number of methoxy groups -OCH3 is 1. The molecule has 0 aliphatic rings. The van der Waals surface area contributed by atoms with E-state index in [1.165, 1.54) is 39.7 Å². The van der Waals surface area contributed by atoms with Crippen LogP contribution in [0, 0.1) is 13.8 Å². The fourth-order valence-corrected chi connectivity index (χ4v) is 4.50. The van der Waals surface area contributed by atoms with Crippen molar-refractivity contribution in [2.24, 2.45) is 0 Å². The van der Waals surface area contributed by atoms with Crippen molar-refractivity contribution >= 4 is 39.1 Å². The van der Waals surface area contributed by atoms with E-state index in [4.69, 9.17) is 0 Å². The first-order valence-electron chi connectivity index (χ1n) is 10.5. The topological polar surface area (TPSA) is 99.4 Å². The number of rotatable bonds is 6. The van der Waals surface area contributed by atoms with Crippen LogP contribution in [0.4, 0.5) is 5.69 Å². The third-order valence-electron chi connectivity index (χ3n) is 5.64. The number of fused-ring (bicyclic) bond motifs is 1. The Balaban J connectivity index is 1.64. The number of benzene rings is 2. The number of thiophene rings is 1. The second-order valence-corrected chi connectivity index (χ2v) is 8.85. The zero-order chi connectivity index (χ0) is 24.4. The van der Waals surface area contributed by atoms with Crippen LogP contribution in [0.15, 0.2) is 63.5 Å². The van der Waals surface area contributed by atoms with Crippen LogP contribution in [-0.2, 0) is 22.6 Å². The smallest absolute Gasteiger partial charge is 0.337 e. The average Bonchev–Trinajstić information content (AvgIpc) is 3.32. The highest BCUT2D eigenvalue weighted by atomic mass is 32.1. The first kappa shape index (κ1) is 23.2. The number of aromatic nitrogens is 2. The van der Waals surface area contributed by atoms with Crippen LogP contribution < -0.4 is 16.6 Å². The van der Waals surface area contributed by atoms with Crippen LogP contribution >= 0.6 is 11.3 Å². The van der Waals surface area contributed by atoms with E-state index >= 15 is 0 Å². The van der Waals surface area contributed by atoms with Gasteiger partial charge in [0.05, 0.1) is 24.7 Å². The van der Waals surface area contributed by atoms with Crippen molar-refractivity contribution in [1.29, 1.82) is 0 Å². The van der Waals surface area contributed by atoms with Crippen molar-refractivity contribution in [3.8, 4) is 0 Å². The minimum atomic E-state index is -0.551. The van der Waals surface area contributed by atoms with Gasteiger partial charge >= 0.3 is 11.7 Å². The fraction of sp³-hybridized carbons (Fsp3) is 0.200. The second-order valence-electron chi connectivity index (χ2n) is 7.93. The molecule has 8 nitrogen and oxygen atoms in total. The van der Waals surface area contributed by atoms with Crippen LogP contribution in [0.2, 0.25) is 0 Å². The summed E-state index contributed by atoms with van der Waals surface area (Å²) >= 11 is 1.24. The summed E-state index contributed by atoms with van der Waals surface area (Å²) < 4.78 is 7.56. The third-order valence-corrected chi connectivity index (χ3v) is 6.53. The molecule has 0 bridgehead atoms. The Morgan fingerprint density at radius 1 is 0.971 bits per heavy atom. The van der Waals surface area contributed by atoms with Gasteiger partial charge in [-0.2, -0.15) is 0 Å². The predicted molar refractivity (Wildman–Crippen MR) is 132 cm³/mol. The van der Waals surface area contributed by atoms with Crippen LogP contribution in [0.1, 0.15) is 27.0 Å². The Kier molecular flexibility index (Phi) is 6.47. The maximum Gasteiger partial charge on any atom is 0.337 e. The van der Waals surface area contributed by atoms with Crippen molar-refractivity contribution in [3.05, 3.63) is 97.0 Å². The highest BCUT2D eigenvalue weighted by Gasteiger charge is 2.17. The van der Waals surface area contributed by atoms with Gasteiger partial charge in [0, 0.05) is 5.69 Å². The number of carbonyl (C=O) groups is 2. The summed E-state index contributed by atoms with van der Waals surface area (Å²) in [7, 11) is 1.29. The monoisotopic (exact) mass is 477 g/mol. The van der Waals surface area contributed by atoms with Crippen molar-refractivity contribution in [2.75, 3.05) is 12.4 Å². The van der Waals surface area contributed by atoms with Crippen molar-refractivity contribution in [3.63, 3.8) is 0 Å². The summed E-state index contributed by atoms with van der Waals surface area (Å²) in [4.78, 5) is 50.7. The summed E-state index contributed by atoms with van der Waals surface area (Å²) in [5.41, 5.74) is 3.35. The molecule has 0 aliphatic carbocycles. The Labute approximate surface area is 199 Å². The standard InChI is InChI=1S/C25H23N3O5S/c1-15-4-5-17(12-16(15)2)13-28-23(30)22-20(10-11-34-22)27(25(28)32)14-21(29)26-19-8-6-18(7-9-19)24(31)33-3/h4-12H,13-14H2,1-3H3,(H,26,29). The molecular formula is C25H23N3O5S. The molecule has 0 radical (unpaired) electrons. The molecule has 34 heavy (non-hydrogen) atoms. The van der Waals surface area contributed by atoms with E-state index < -0.39 is 17.6 Å². The highest BCUT2D eigenvalue weighted by molar-refractivity contribution is 7.17. The van der Waals surface area contributed by atoms with Gasteiger partial charge in [0.2, 0.25) is 5.91 Å². The van der Waals surface area contributed by atoms with Gasteiger partial charge in [-0.05, 0) is 66.2 Å². The number of anilines is 1. The minimum Gasteiger partial charge on any atom is -0.465 e. The molecule has 1 amide bonds. The number of carbonyl (C=O) groups excluding carboxylic acids is 2. The summed E-state index contributed by atoms with van der Waals surface area (Å²) in [6.07, 6.45) is 0. The normalized spacial score (nSPS) is 10.9. The Morgan fingerprint density at radius 3 is 2.38 bits per heavy atom. The van der Waals surface area contributed by atoms with E-state index in [9.17, 15) is 19.2 Å². The van der Waals surface area contributed by atoms with E-state index in [0.717, 1.165) is 16.7 Å². The molecule has 2 aromatic heterocycles. The highest BCUT2D eigenvalue weighted by Crippen LogP contribution is 2.17. The van der Waals surface area contributed by atoms with Gasteiger partial charge in [-0.25, -0.2) is 9.59 Å². The van der Waals surface area contributed by atoms with Crippen LogP contribution in [-0.4, -0.2) is 28.1 Å². The van der Waals surface area contributed by atoms with Gasteiger partial charge in [0.25, 0.3) is 5.56 Å². The molecule has 0 saturated carbocycles. The second kappa shape index (κ2) is 9.48. The molecule has 4 rings (SSSR count). The largest absolute Gasteiger partial charge is 0.465 e. The predicted octanol–water partition coefficient (Wildman–Crippen LogP) is 3.32. The molecule has 0 fully saturated rings. The molecule has 0 aliphatic heterocycles. The van der Waals surface area contributed by atoms with E-state index in [1.54, 1.807) is 23.6 Å². The average molecular weight is 478 g/mol. The lowest BCUT2D eigenvalue weighted by Crippen LogP contribution is -2.41. The molecule has 0 atom stereocenters. The molecule has 174 valence electrons. The summed E-state index contributed by atoms with van der Waals surface area (Å²) in [6, 6.07) is 13.7. The Bertz CT molecular complexity index is 1510. The fourth-order valence-electron chi connectivity index (χ4n) is 3.66. The van der Waals surface area contributed by atoms with Gasteiger partial charge < -0.3 is 10.1 Å². The maximum absolute atomic E-state index is 13.3. The lowest BCUT2D eigenvalue weighted by Gasteiger charge is -2.13. The number of hydrogen-bond acceptors (Lipinski definition) is 6. The van der Waals surface area contributed by atoms with E-state index in [1.807, 2.05) is 32.0 Å². The van der Waals surface area contributed by atoms with E-state index in [2.05, 4.69) is 10.1 Å². The lowest BCUT2D eigenvalue weighted by molar-refractivity contribution is -0.116. The van der Waals surface area contributed by atoms with Gasteiger partial charge in [-0.1, -0.05) is 18.2 Å². The van der Waals surface area contributed by atoms with Gasteiger partial charge in [-0.3, -0.25) is 18.7 Å². The lowest BCUT2D eigenvalue weighted by atomic mass is 10.1. The van der Waals surface area contributed by atoms with Crippen LogP contribution in [0.5, 0.6) is 0 Å². The maximum atomic E-state index is 13.3. The van der Waals surface area contributed by atoms with Crippen LogP contribution in [0.25, 0.3) is 10.2 Å². The molecule has 1 N–H and O–H groups in total. The summed E-state index contributed by atoms with van der Waals surface area (Å²) in [5.74, 6) is -0.910.